The third kappa shape index (κ3) is 3.92. The minimum atomic E-state index is -1.04. The van der Waals surface area contributed by atoms with Crippen LogP contribution < -0.4 is 0 Å². The van der Waals surface area contributed by atoms with E-state index in [0.717, 1.165) is 0 Å². The van der Waals surface area contributed by atoms with E-state index in [2.05, 4.69) is 4.98 Å². The molecule has 1 amide bonds. The lowest BCUT2D eigenvalue weighted by molar-refractivity contribution is -0.138. The van der Waals surface area contributed by atoms with E-state index in [4.69, 9.17) is 16.3 Å². The van der Waals surface area contributed by atoms with Crippen LogP contribution in [0.3, 0.4) is 0 Å². The molecule has 6 heteroatoms. The normalized spacial score (nSPS) is 11.7. The Hall–Kier alpha value is -2.40. The van der Waals surface area contributed by atoms with Gasteiger partial charge < -0.3 is 9.64 Å². The number of nitrogens with zero attached hydrogens (tertiary/aromatic N) is 2. The Kier molecular flexibility index (Phi) is 5.57. The van der Waals surface area contributed by atoms with Gasteiger partial charge in [0.2, 0.25) is 6.10 Å². The summed E-state index contributed by atoms with van der Waals surface area (Å²) in [6.45, 7) is 3.54. The Labute approximate surface area is 146 Å². The molecule has 1 aromatic heterocycles. The van der Waals surface area contributed by atoms with Gasteiger partial charge in [0, 0.05) is 25.4 Å². The molecule has 0 aliphatic rings. The highest BCUT2D eigenvalue weighted by molar-refractivity contribution is 6.32. The monoisotopic (exact) mass is 346 g/mol. The third-order valence-corrected chi connectivity index (χ3v) is 3.77. The lowest BCUT2D eigenvalue weighted by Gasteiger charge is -2.21. The van der Waals surface area contributed by atoms with E-state index in [1.807, 2.05) is 6.07 Å². The van der Waals surface area contributed by atoms with Crippen LogP contribution in [0.5, 0.6) is 0 Å². The Balaban J connectivity index is 2.37. The minimum Gasteiger partial charge on any atom is -0.444 e. The van der Waals surface area contributed by atoms with E-state index >= 15 is 0 Å². The SMILES string of the molecule is Cc1cc(C)c(C(=O)O[C@H](C(=O)N(C)C)c2ccccc2)c(Cl)n1. The maximum atomic E-state index is 12.6. The first-order chi connectivity index (χ1) is 11.3. The summed E-state index contributed by atoms with van der Waals surface area (Å²) in [5.74, 6) is -1.00. The Morgan fingerprint density at radius 3 is 2.33 bits per heavy atom. The predicted octanol–water partition coefficient (Wildman–Crippen LogP) is 3.34. The summed E-state index contributed by atoms with van der Waals surface area (Å²) in [6.07, 6.45) is -1.04. The van der Waals surface area contributed by atoms with E-state index in [1.54, 1.807) is 58.3 Å². The number of hydrogen-bond donors (Lipinski definition) is 0. The van der Waals surface area contributed by atoms with Crippen LogP contribution in [-0.2, 0) is 9.53 Å². The molecule has 126 valence electrons. The topological polar surface area (TPSA) is 59.5 Å². The van der Waals surface area contributed by atoms with E-state index in [-0.39, 0.29) is 16.6 Å². The first kappa shape index (κ1) is 17.9. The molecular formula is C18H19ClN2O3. The maximum absolute atomic E-state index is 12.6. The second kappa shape index (κ2) is 7.45. The molecule has 24 heavy (non-hydrogen) atoms. The number of aryl methyl sites for hydroxylation is 2. The molecule has 0 spiro atoms. The van der Waals surface area contributed by atoms with Crippen molar-refractivity contribution in [1.82, 2.24) is 9.88 Å². The van der Waals surface area contributed by atoms with Gasteiger partial charge in [0.25, 0.3) is 5.91 Å². The number of esters is 1. The zero-order chi connectivity index (χ0) is 17.9. The van der Waals surface area contributed by atoms with Crippen LogP contribution in [0.25, 0.3) is 0 Å². The number of pyridine rings is 1. The number of carbonyl (C=O) groups excluding carboxylic acids is 2. The van der Waals surface area contributed by atoms with Gasteiger partial charge in [0.15, 0.2) is 0 Å². The number of rotatable bonds is 4. The van der Waals surface area contributed by atoms with Crippen LogP contribution in [0.1, 0.15) is 33.3 Å². The molecule has 0 aliphatic heterocycles. The highest BCUT2D eigenvalue weighted by atomic mass is 35.5. The first-order valence-corrected chi connectivity index (χ1v) is 7.80. The van der Waals surface area contributed by atoms with E-state index < -0.39 is 12.1 Å². The zero-order valence-electron chi connectivity index (χ0n) is 14.0. The molecule has 0 aliphatic carbocycles. The largest absolute Gasteiger partial charge is 0.444 e. The molecule has 5 nitrogen and oxygen atoms in total. The molecular weight excluding hydrogens is 328 g/mol. The fraction of sp³-hybridized carbons (Fsp3) is 0.278. The Morgan fingerprint density at radius 1 is 1.17 bits per heavy atom. The quantitative estimate of drug-likeness (QED) is 0.629. The summed E-state index contributed by atoms with van der Waals surface area (Å²) in [7, 11) is 3.22. The number of benzene rings is 1. The molecule has 2 rings (SSSR count). The molecule has 1 heterocycles. The van der Waals surface area contributed by atoms with Gasteiger partial charge >= 0.3 is 5.97 Å². The summed E-state index contributed by atoms with van der Waals surface area (Å²) < 4.78 is 5.49. The van der Waals surface area contributed by atoms with Crippen LogP contribution in [0, 0.1) is 13.8 Å². The smallest absolute Gasteiger partial charge is 0.342 e. The standard InChI is InChI=1S/C18H19ClN2O3/c1-11-10-12(2)20-16(19)14(11)18(23)24-15(17(22)21(3)4)13-8-6-5-7-9-13/h5-10,15H,1-4H3/t15-/m0/s1. The summed E-state index contributed by atoms with van der Waals surface area (Å²) in [5.41, 5.74) is 2.13. The molecule has 2 aromatic rings. The second-order valence-corrected chi connectivity index (χ2v) is 6.03. The Morgan fingerprint density at radius 2 is 1.79 bits per heavy atom. The summed E-state index contributed by atoms with van der Waals surface area (Å²) in [4.78, 5) is 30.5. The van der Waals surface area contributed by atoms with Crippen LogP contribution in [0.2, 0.25) is 5.15 Å². The number of carbonyl (C=O) groups is 2. The van der Waals surface area contributed by atoms with Crippen molar-refractivity contribution in [2.75, 3.05) is 14.1 Å². The van der Waals surface area contributed by atoms with Crippen molar-refractivity contribution in [2.24, 2.45) is 0 Å². The molecule has 0 radical (unpaired) electrons. The van der Waals surface area contributed by atoms with E-state index in [1.165, 1.54) is 4.90 Å². The summed E-state index contributed by atoms with van der Waals surface area (Å²) in [6, 6.07) is 10.6. The summed E-state index contributed by atoms with van der Waals surface area (Å²) >= 11 is 6.09. The molecule has 1 aromatic carbocycles. The van der Waals surface area contributed by atoms with Gasteiger partial charge in [-0.2, -0.15) is 0 Å². The molecule has 0 N–H and O–H groups in total. The maximum Gasteiger partial charge on any atom is 0.342 e. The van der Waals surface area contributed by atoms with E-state index in [9.17, 15) is 9.59 Å². The molecule has 0 unspecified atom stereocenters. The van der Waals surface area contributed by atoms with Crippen LogP contribution >= 0.6 is 11.6 Å². The average Bonchev–Trinajstić information content (AvgIpc) is 2.51. The first-order valence-electron chi connectivity index (χ1n) is 7.42. The van der Waals surface area contributed by atoms with Gasteiger partial charge in [-0.3, -0.25) is 4.79 Å². The molecule has 1 atom stereocenters. The van der Waals surface area contributed by atoms with Crippen molar-refractivity contribution in [2.45, 2.75) is 20.0 Å². The van der Waals surface area contributed by atoms with Crippen molar-refractivity contribution in [1.29, 1.82) is 0 Å². The van der Waals surface area contributed by atoms with Crippen molar-refractivity contribution < 1.29 is 14.3 Å². The predicted molar refractivity (Wildman–Crippen MR) is 92.0 cm³/mol. The van der Waals surface area contributed by atoms with Crippen LogP contribution in [-0.4, -0.2) is 35.9 Å². The molecule has 0 saturated carbocycles. The van der Waals surface area contributed by atoms with Gasteiger partial charge in [-0.1, -0.05) is 41.9 Å². The van der Waals surface area contributed by atoms with Crippen molar-refractivity contribution in [3.63, 3.8) is 0 Å². The van der Waals surface area contributed by atoms with Crippen molar-refractivity contribution in [3.05, 3.63) is 63.9 Å². The van der Waals surface area contributed by atoms with Crippen molar-refractivity contribution in [3.8, 4) is 0 Å². The Bertz CT molecular complexity index is 737. The van der Waals surface area contributed by atoms with Gasteiger partial charge in [0.1, 0.15) is 5.15 Å². The van der Waals surface area contributed by atoms with Gasteiger partial charge in [-0.25, -0.2) is 9.78 Å². The number of hydrogen-bond acceptors (Lipinski definition) is 4. The van der Waals surface area contributed by atoms with Gasteiger partial charge in [0.05, 0.1) is 5.56 Å². The zero-order valence-corrected chi connectivity index (χ0v) is 14.8. The molecule has 0 fully saturated rings. The lowest BCUT2D eigenvalue weighted by atomic mass is 10.1. The fourth-order valence-electron chi connectivity index (χ4n) is 2.33. The average molecular weight is 347 g/mol. The molecule has 0 bridgehead atoms. The van der Waals surface area contributed by atoms with Gasteiger partial charge in [-0.15, -0.1) is 0 Å². The number of ether oxygens (including phenoxy) is 1. The van der Waals surface area contributed by atoms with Crippen LogP contribution in [0.15, 0.2) is 36.4 Å². The lowest BCUT2D eigenvalue weighted by Crippen LogP contribution is -2.31. The number of likely N-dealkylation sites (N-methyl/N-ethyl adjacent to an activating group) is 1. The third-order valence-electron chi connectivity index (χ3n) is 3.50. The van der Waals surface area contributed by atoms with Crippen molar-refractivity contribution >= 4 is 23.5 Å². The summed E-state index contributed by atoms with van der Waals surface area (Å²) in [5, 5.41) is 0.0709. The van der Waals surface area contributed by atoms with Crippen LogP contribution in [0.4, 0.5) is 0 Å². The van der Waals surface area contributed by atoms with E-state index in [0.29, 0.717) is 16.8 Å². The number of amides is 1. The van der Waals surface area contributed by atoms with Gasteiger partial charge in [-0.05, 0) is 25.5 Å². The number of aromatic nitrogens is 1. The molecule has 0 saturated heterocycles. The second-order valence-electron chi connectivity index (χ2n) is 5.68. The minimum absolute atomic E-state index is 0.0709. The highest BCUT2D eigenvalue weighted by Gasteiger charge is 2.28. The number of halogens is 1. The highest BCUT2D eigenvalue weighted by Crippen LogP contribution is 2.25. The fourth-order valence-corrected chi connectivity index (χ4v) is 2.69.